The topological polar surface area (TPSA) is 21.3 Å². The third-order valence-electron chi connectivity index (χ3n) is 3.52. The number of rotatable bonds is 2. The minimum Gasteiger partial charge on any atom is -0.368 e. The van der Waals surface area contributed by atoms with Crippen molar-refractivity contribution in [3.8, 4) is 0 Å². The Morgan fingerprint density at radius 1 is 1.20 bits per heavy atom. The van der Waals surface area contributed by atoms with Crippen molar-refractivity contribution in [2.75, 3.05) is 13.1 Å². The number of nitrogens with one attached hydrogen (secondary N) is 1. The zero-order valence-corrected chi connectivity index (χ0v) is 12.6. The molecular formula is C16H23F2NO. The lowest BCUT2D eigenvalue weighted by Gasteiger charge is -2.34. The van der Waals surface area contributed by atoms with Gasteiger partial charge in [0.2, 0.25) is 0 Å². The first-order valence-electron chi connectivity index (χ1n) is 7.08. The third kappa shape index (κ3) is 3.76. The molecule has 4 heteroatoms. The first kappa shape index (κ1) is 15.4. The number of aryl methyl sites for hydroxylation is 1. The van der Waals surface area contributed by atoms with Gasteiger partial charge >= 0.3 is 0 Å². The molecule has 2 nitrogen and oxygen atoms in total. The van der Waals surface area contributed by atoms with E-state index in [0.717, 1.165) is 13.0 Å². The van der Waals surface area contributed by atoms with E-state index in [0.29, 0.717) is 17.7 Å². The highest BCUT2D eigenvalue weighted by molar-refractivity contribution is 5.27. The number of ether oxygens (including phenoxy) is 1. The van der Waals surface area contributed by atoms with E-state index in [2.05, 4.69) is 26.1 Å². The Morgan fingerprint density at radius 3 is 2.55 bits per heavy atom. The minimum atomic E-state index is -0.425. The lowest BCUT2D eigenvalue weighted by molar-refractivity contribution is -0.0566. The van der Waals surface area contributed by atoms with Crippen LogP contribution >= 0.6 is 0 Å². The Kier molecular flexibility index (Phi) is 4.45. The van der Waals surface area contributed by atoms with Crippen molar-refractivity contribution in [1.29, 1.82) is 0 Å². The average Bonchev–Trinajstić information content (AvgIpc) is 2.32. The van der Waals surface area contributed by atoms with Gasteiger partial charge in [-0.15, -0.1) is 0 Å². The molecular weight excluding hydrogens is 260 g/mol. The van der Waals surface area contributed by atoms with Crippen LogP contribution < -0.4 is 5.32 Å². The SMILES string of the molecule is Cc1cc(F)c(C2CNCC(CC(C)(C)C)O2)cc1F. The monoisotopic (exact) mass is 283 g/mol. The maximum atomic E-state index is 14.0. The van der Waals surface area contributed by atoms with Crippen LogP contribution in [0.25, 0.3) is 0 Å². The molecule has 0 radical (unpaired) electrons. The summed E-state index contributed by atoms with van der Waals surface area (Å²) >= 11 is 0. The van der Waals surface area contributed by atoms with Gasteiger partial charge in [0.1, 0.15) is 11.6 Å². The second-order valence-corrected chi connectivity index (χ2v) is 6.79. The van der Waals surface area contributed by atoms with E-state index >= 15 is 0 Å². The zero-order chi connectivity index (χ0) is 14.9. The van der Waals surface area contributed by atoms with Crippen molar-refractivity contribution in [3.05, 3.63) is 34.9 Å². The smallest absolute Gasteiger partial charge is 0.129 e. The molecule has 1 aliphatic rings. The van der Waals surface area contributed by atoms with Gasteiger partial charge in [-0.25, -0.2) is 8.78 Å². The molecule has 1 fully saturated rings. The van der Waals surface area contributed by atoms with E-state index in [-0.39, 0.29) is 17.3 Å². The highest BCUT2D eigenvalue weighted by atomic mass is 19.1. The van der Waals surface area contributed by atoms with Gasteiger partial charge in [-0.1, -0.05) is 20.8 Å². The molecule has 1 aromatic carbocycles. The molecule has 0 aliphatic carbocycles. The number of hydrogen-bond donors (Lipinski definition) is 1. The fraction of sp³-hybridized carbons (Fsp3) is 0.625. The van der Waals surface area contributed by atoms with E-state index in [1.54, 1.807) is 6.92 Å². The molecule has 1 aromatic rings. The van der Waals surface area contributed by atoms with E-state index in [4.69, 9.17) is 4.74 Å². The van der Waals surface area contributed by atoms with E-state index in [1.165, 1.54) is 12.1 Å². The van der Waals surface area contributed by atoms with Crippen molar-refractivity contribution in [1.82, 2.24) is 5.32 Å². The number of halogens is 2. The molecule has 0 amide bonds. The van der Waals surface area contributed by atoms with Gasteiger partial charge in [0, 0.05) is 18.7 Å². The van der Waals surface area contributed by atoms with Gasteiger partial charge < -0.3 is 10.1 Å². The lowest BCUT2D eigenvalue weighted by atomic mass is 9.88. The summed E-state index contributed by atoms with van der Waals surface area (Å²) in [5, 5.41) is 3.25. The van der Waals surface area contributed by atoms with Crippen LogP contribution in [0.4, 0.5) is 8.78 Å². The summed E-state index contributed by atoms with van der Waals surface area (Å²) in [5.41, 5.74) is 0.770. The quantitative estimate of drug-likeness (QED) is 0.892. The largest absolute Gasteiger partial charge is 0.368 e. The Hall–Kier alpha value is -1.00. The van der Waals surface area contributed by atoms with E-state index in [1.807, 2.05) is 0 Å². The number of morpholine rings is 1. The fourth-order valence-electron chi connectivity index (χ4n) is 2.60. The van der Waals surface area contributed by atoms with Crippen LogP contribution in [0.5, 0.6) is 0 Å². The predicted molar refractivity (Wildman–Crippen MR) is 75.7 cm³/mol. The summed E-state index contributed by atoms with van der Waals surface area (Å²) in [6, 6.07) is 2.50. The highest BCUT2D eigenvalue weighted by Gasteiger charge is 2.29. The van der Waals surface area contributed by atoms with Crippen LogP contribution in [0.2, 0.25) is 0 Å². The summed E-state index contributed by atoms with van der Waals surface area (Å²) in [6.45, 7) is 9.26. The normalized spacial score (nSPS) is 23.9. The van der Waals surface area contributed by atoms with Crippen LogP contribution in [-0.4, -0.2) is 19.2 Å². The molecule has 1 saturated heterocycles. The summed E-state index contributed by atoms with van der Waals surface area (Å²) < 4.78 is 33.6. The summed E-state index contributed by atoms with van der Waals surface area (Å²) in [6.07, 6.45) is 0.482. The van der Waals surface area contributed by atoms with Crippen LogP contribution in [0, 0.1) is 24.0 Å². The molecule has 0 aromatic heterocycles. The molecule has 20 heavy (non-hydrogen) atoms. The van der Waals surface area contributed by atoms with Crippen molar-refractivity contribution in [2.24, 2.45) is 5.41 Å². The Bertz CT molecular complexity index is 482. The molecule has 0 saturated carbocycles. The molecule has 112 valence electrons. The minimum absolute atomic E-state index is 0.0255. The van der Waals surface area contributed by atoms with Crippen LogP contribution in [0.3, 0.4) is 0 Å². The second kappa shape index (κ2) is 5.78. The first-order chi connectivity index (χ1) is 9.26. The van der Waals surface area contributed by atoms with Gasteiger partial charge in [-0.2, -0.15) is 0 Å². The Labute approximate surface area is 119 Å². The summed E-state index contributed by atoms with van der Waals surface area (Å²) in [7, 11) is 0. The number of benzene rings is 1. The molecule has 0 spiro atoms. The standard InChI is InChI=1S/C16H23F2NO/c1-10-5-14(18)12(6-13(10)17)15-9-19-8-11(20-15)7-16(2,3)4/h5-6,11,15,19H,7-9H2,1-4H3. The average molecular weight is 283 g/mol. The second-order valence-electron chi connectivity index (χ2n) is 6.79. The summed E-state index contributed by atoms with van der Waals surface area (Å²) in [4.78, 5) is 0. The molecule has 1 heterocycles. The van der Waals surface area contributed by atoms with Crippen LogP contribution in [0.1, 0.15) is 44.4 Å². The maximum Gasteiger partial charge on any atom is 0.129 e. The molecule has 2 unspecified atom stereocenters. The van der Waals surface area contributed by atoms with Crippen molar-refractivity contribution < 1.29 is 13.5 Å². The maximum absolute atomic E-state index is 14.0. The zero-order valence-electron chi connectivity index (χ0n) is 12.6. The van der Waals surface area contributed by atoms with Gasteiger partial charge in [-0.05, 0) is 36.5 Å². The lowest BCUT2D eigenvalue weighted by Crippen LogP contribution is -2.42. The highest BCUT2D eigenvalue weighted by Crippen LogP contribution is 2.30. The molecule has 1 aliphatic heterocycles. The fourth-order valence-corrected chi connectivity index (χ4v) is 2.60. The number of hydrogen-bond acceptors (Lipinski definition) is 2. The molecule has 2 atom stereocenters. The van der Waals surface area contributed by atoms with E-state index in [9.17, 15) is 8.78 Å². The first-order valence-corrected chi connectivity index (χ1v) is 7.08. The van der Waals surface area contributed by atoms with Crippen molar-refractivity contribution in [2.45, 2.75) is 46.3 Å². The van der Waals surface area contributed by atoms with Crippen LogP contribution in [-0.2, 0) is 4.74 Å². The van der Waals surface area contributed by atoms with E-state index < -0.39 is 11.9 Å². The van der Waals surface area contributed by atoms with Crippen molar-refractivity contribution >= 4 is 0 Å². The molecule has 1 N–H and O–H groups in total. The Morgan fingerprint density at radius 2 is 1.90 bits per heavy atom. The molecule has 2 rings (SSSR count). The summed E-state index contributed by atoms with van der Waals surface area (Å²) in [5.74, 6) is -0.782. The predicted octanol–water partition coefficient (Wildman–Crippen LogP) is 3.74. The van der Waals surface area contributed by atoms with Gasteiger partial charge in [0.25, 0.3) is 0 Å². The van der Waals surface area contributed by atoms with Gasteiger partial charge in [0.15, 0.2) is 0 Å². The van der Waals surface area contributed by atoms with Crippen LogP contribution in [0.15, 0.2) is 12.1 Å². The van der Waals surface area contributed by atoms with Gasteiger partial charge in [0.05, 0.1) is 12.2 Å². The van der Waals surface area contributed by atoms with Gasteiger partial charge in [-0.3, -0.25) is 0 Å². The van der Waals surface area contributed by atoms with Crippen molar-refractivity contribution in [3.63, 3.8) is 0 Å². The third-order valence-corrected chi connectivity index (χ3v) is 3.52. The molecule has 0 bridgehead atoms. The Balaban J connectivity index is 2.15.